The SMILES string of the molecule is Cc1ccc(=O)[nH]c1C(=O)N[C@@H](Cc1ccccc1)C(O)C(N)=O. The smallest absolute Gasteiger partial charge is 0.268 e. The highest BCUT2D eigenvalue weighted by atomic mass is 16.3. The van der Waals surface area contributed by atoms with Crippen LogP contribution in [-0.2, 0) is 11.2 Å². The molecule has 1 aromatic carbocycles. The number of aliphatic hydroxyl groups is 1. The minimum atomic E-state index is -1.55. The largest absolute Gasteiger partial charge is 0.381 e. The van der Waals surface area contributed by atoms with Crippen molar-refractivity contribution in [3.05, 3.63) is 69.6 Å². The van der Waals surface area contributed by atoms with E-state index < -0.39 is 29.5 Å². The number of amides is 2. The highest BCUT2D eigenvalue weighted by Crippen LogP contribution is 2.08. The summed E-state index contributed by atoms with van der Waals surface area (Å²) in [7, 11) is 0. The summed E-state index contributed by atoms with van der Waals surface area (Å²) in [5, 5.41) is 12.6. The van der Waals surface area contributed by atoms with Crippen molar-refractivity contribution in [2.24, 2.45) is 5.73 Å². The van der Waals surface area contributed by atoms with Gasteiger partial charge in [0.1, 0.15) is 5.69 Å². The number of benzene rings is 1. The molecule has 0 aliphatic carbocycles. The van der Waals surface area contributed by atoms with E-state index in [0.717, 1.165) is 5.56 Å². The first-order chi connectivity index (χ1) is 11.4. The summed E-state index contributed by atoms with van der Waals surface area (Å²) < 4.78 is 0. The number of hydrogen-bond acceptors (Lipinski definition) is 4. The molecule has 1 heterocycles. The van der Waals surface area contributed by atoms with E-state index in [1.165, 1.54) is 12.1 Å². The topological polar surface area (TPSA) is 125 Å². The molecule has 5 N–H and O–H groups in total. The summed E-state index contributed by atoms with van der Waals surface area (Å²) >= 11 is 0. The Bertz CT molecular complexity index is 786. The van der Waals surface area contributed by atoms with Crippen LogP contribution in [0.2, 0.25) is 0 Å². The van der Waals surface area contributed by atoms with E-state index in [1.807, 2.05) is 30.3 Å². The zero-order valence-corrected chi connectivity index (χ0v) is 13.2. The second kappa shape index (κ2) is 7.56. The number of aryl methyl sites for hydroxylation is 1. The molecule has 2 amide bonds. The van der Waals surface area contributed by atoms with Crippen LogP contribution in [-0.4, -0.2) is 34.1 Å². The Morgan fingerprint density at radius 2 is 1.88 bits per heavy atom. The normalized spacial score (nSPS) is 13.1. The highest BCUT2D eigenvalue weighted by molar-refractivity contribution is 5.94. The Morgan fingerprint density at radius 1 is 1.21 bits per heavy atom. The number of aromatic amines is 1. The molecule has 126 valence electrons. The van der Waals surface area contributed by atoms with Crippen molar-refractivity contribution < 1.29 is 14.7 Å². The van der Waals surface area contributed by atoms with Gasteiger partial charge in [-0.1, -0.05) is 36.4 Å². The van der Waals surface area contributed by atoms with Crippen LogP contribution in [0.5, 0.6) is 0 Å². The maximum atomic E-state index is 12.4. The molecule has 0 saturated carbocycles. The molecule has 0 aliphatic rings. The fourth-order valence-corrected chi connectivity index (χ4v) is 2.33. The zero-order chi connectivity index (χ0) is 17.7. The zero-order valence-electron chi connectivity index (χ0n) is 13.2. The monoisotopic (exact) mass is 329 g/mol. The molecule has 7 nitrogen and oxygen atoms in total. The fraction of sp³-hybridized carbons (Fsp3) is 0.235. The lowest BCUT2D eigenvalue weighted by atomic mass is 10.0. The molecule has 0 spiro atoms. The average molecular weight is 329 g/mol. The molecule has 0 radical (unpaired) electrons. The Labute approximate surface area is 138 Å². The van der Waals surface area contributed by atoms with E-state index in [2.05, 4.69) is 10.3 Å². The third kappa shape index (κ3) is 4.30. The van der Waals surface area contributed by atoms with Crippen molar-refractivity contribution in [3.8, 4) is 0 Å². The van der Waals surface area contributed by atoms with Gasteiger partial charge >= 0.3 is 0 Å². The molecule has 1 aromatic heterocycles. The summed E-state index contributed by atoms with van der Waals surface area (Å²) in [5.74, 6) is -1.53. The van der Waals surface area contributed by atoms with Gasteiger partial charge in [-0.05, 0) is 24.5 Å². The molecule has 0 fully saturated rings. The van der Waals surface area contributed by atoms with Gasteiger partial charge < -0.3 is 21.1 Å². The lowest BCUT2D eigenvalue weighted by Crippen LogP contribution is -2.50. The summed E-state index contributed by atoms with van der Waals surface area (Å²) in [6, 6.07) is 11.0. The number of nitrogens with one attached hydrogen (secondary N) is 2. The second-order valence-corrected chi connectivity index (χ2v) is 5.50. The first-order valence-electron chi connectivity index (χ1n) is 7.40. The van der Waals surface area contributed by atoms with Crippen molar-refractivity contribution >= 4 is 11.8 Å². The number of pyridine rings is 1. The number of carbonyl (C=O) groups excluding carboxylic acids is 2. The van der Waals surface area contributed by atoms with Crippen molar-refractivity contribution in [1.29, 1.82) is 0 Å². The van der Waals surface area contributed by atoms with Crippen LogP contribution in [0.4, 0.5) is 0 Å². The number of rotatable bonds is 6. The molecule has 2 rings (SSSR count). The van der Waals surface area contributed by atoms with Crippen LogP contribution in [0.3, 0.4) is 0 Å². The van der Waals surface area contributed by atoms with E-state index in [1.54, 1.807) is 6.92 Å². The van der Waals surface area contributed by atoms with Gasteiger partial charge in [0.15, 0.2) is 6.10 Å². The lowest BCUT2D eigenvalue weighted by molar-refractivity contribution is -0.127. The van der Waals surface area contributed by atoms with Crippen molar-refractivity contribution in [2.75, 3.05) is 0 Å². The molecule has 0 aliphatic heterocycles. The summed E-state index contributed by atoms with van der Waals surface area (Å²) in [6.45, 7) is 1.67. The minimum absolute atomic E-state index is 0.0808. The van der Waals surface area contributed by atoms with Crippen LogP contribution >= 0.6 is 0 Å². The highest BCUT2D eigenvalue weighted by Gasteiger charge is 2.27. The van der Waals surface area contributed by atoms with E-state index in [0.29, 0.717) is 5.56 Å². The van der Waals surface area contributed by atoms with Gasteiger partial charge in [-0.3, -0.25) is 14.4 Å². The molecule has 0 saturated heterocycles. The van der Waals surface area contributed by atoms with E-state index in [9.17, 15) is 19.5 Å². The molecule has 24 heavy (non-hydrogen) atoms. The molecule has 7 heteroatoms. The summed E-state index contributed by atoms with van der Waals surface area (Å²) in [4.78, 5) is 37.6. The number of H-pyrrole nitrogens is 1. The number of primary amides is 1. The van der Waals surface area contributed by atoms with Crippen LogP contribution < -0.4 is 16.6 Å². The molecule has 0 bridgehead atoms. The number of aromatic nitrogens is 1. The quantitative estimate of drug-likeness (QED) is 0.589. The van der Waals surface area contributed by atoms with Crippen molar-refractivity contribution in [2.45, 2.75) is 25.5 Å². The number of aliphatic hydroxyl groups excluding tert-OH is 1. The molecule has 2 atom stereocenters. The molecular weight excluding hydrogens is 310 g/mol. The Morgan fingerprint density at radius 3 is 2.50 bits per heavy atom. The predicted molar refractivity (Wildman–Crippen MR) is 88.4 cm³/mol. The van der Waals surface area contributed by atoms with E-state index in [4.69, 9.17) is 5.73 Å². The predicted octanol–water partition coefficient (Wildman–Crippen LogP) is -0.129. The van der Waals surface area contributed by atoms with Gasteiger partial charge in [-0.15, -0.1) is 0 Å². The number of nitrogens with two attached hydrogens (primary N) is 1. The minimum Gasteiger partial charge on any atom is -0.381 e. The third-order valence-electron chi connectivity index (χ3n) is 3.64. The van der Waals surface area contributed by atoms with Gasteiger partial charge in [0, 0.05) is 6.07 Å². The Hall–Kier alpha value is -2.93. The average Bonchev–Trinajstić information content (AvgIpc) is 2.56. The van der Waals surface area contributed by atoms with Gasteiger partial charge in [0.25, 0.3) is 5.91 Å². The van der Waals surface area contributed by atoms with Gasteiger partial charge in [-0.2, -0.15) is 0 Å². The first-order valence-corrected chi connectivity index (χ1v) is 7.40. The van der Waals surface area contributed by atoms with Crippen LogP contribution in [0.1, 0.15) is 21.6 Å². The Kier molecular flexibility index (Phi) is 5.49. The van der Waals surface area contributed by atoms with Gasteiger partial charge in [0.2, 0.25) is 11.5 Å². The fourth-order valence-electron chi connectivity index (χ4n) is 2.33. The molecule has 2 aromatic rings. The number of carbonyl (C=O) groups is 2. The standard InChI is InChI=1S/C17H19N3O4/c1-10-7-8-13(21)20-14(10)17(24)19-12(15(22)16(18)23)9-11-5-3-2-4-6-11/h2-8,12,15,22H,9H2,1H3,(H2,18,23)(H,19,24)(H,20,21)/t12-,15?/m0/s1. The summed E-state index contributed by atoms with van der Waals surface area (Å²) in [6.07, 6.45) is -1.34. The maximum Gasteiger partial charge on any atom is 0.268 e. The van der Waals surface area contributed by atoms with Crippen molar-refractivity contribution in [3.63, 3.8) is 0 Å². The number of hydrogen-bond donors (Lipinski definition) is 4. The van der Waals surface area contributed by atoms with E-state index >= 15 is 0 Å². The van der Waals surface area contributed by atoms with Gasteiger partial charge in [0.05, 0.1) is 6.04 Å². The maximum absolute atomic E-state index is 12.4. The lowest BCUT2D eigenvalue weighted by Gasteiger charge is -2.22. The van der Waals surface area contributed by atoms with Crippen LogP contribution in [0.25, 0.3) is 0 Å². The Balaban J connectivity index is 2.24. The van der Waals surface area contributed by atoms with Crippen molar-refractivity contribution in [1.82, 2.24) is 10.3 Å². The van der Waals surface area contributed by atoms with E-state index in [-0.39, 0.29) is 12.1 Å². The van der Waals surface area contributed by atoms with Crippen LogP contribution in [0.15, 0.2) is 47.3 Å². The summed E-state index contributed by atoms with van der Waals surface area (Å²) in [5.41, 5.74) is 6.22. The van der Waals surface area contributed by atoms with Gasteiger partial charge in [-0.25, -0.2) is 0 Å². The molecular formula is C17H19N3O4. The second-order valence-electron chi connectivity index (χ2n) is 5.50. The first kappa shape index (κ1) is 17.4. The van der Waals surface area contributed by atoms with Crippen LogP contribution in [0, 0.1) is 6.92 Å². The third-order valence-corrected chi connectivity index (χ3v) is 3.64. The molecule has 1 unspecified atom stereocenters.